The molecule has 0 aromatic heterocycles. The zero-order valence-electron chi connectivity index (χ0n) is 39.7. The first-order valence-corrected chi connectivity index (χ1v) is 26.4. The van der Waals surface area contributed by atoms with Crippen molar-refractivity contribution >= 4 is 86.5 Å². The van der Waals surface area contributed by atoms with Gasteiger partial charge in [0.25, 0.3) is 0 Å². The maximum atomic E-state index is 8.58. The molecule has 10 heteroatoms. The summed E-state index contributed by atoms with van der Waals surface area (Å²) in [4.78, 5) is 9.25. The Hall–Kier alpha value is -5.10. The lowest BCUT2D eigenvalue weighted by Gasteiger charge is -2.25. The normalized spacial score (nSPS) is 9.94. The summed E-state index contributed by atoms with van der Waals surface area (Å²) in [5.74, 6) is 0. The van der Waals surface area contributed by atoms with Gasteiger partial charge in [-0.3, -0.25) is 0 Å². The van der Waals surface area contributed by atoms with Crippen molar-refractivity contribution in [2.75, 3.05) is 58.9 Å². The third-order valence-corrected chi connectivity index (χ3v) is 12.6. The van der Waals surface area contributed by atoms with Crippen molar-refractivity contribution < 1.29 is 0 Å². The highest BCUT2D eigenvalue weighted by atomic mass is 79.9. The Morgan fingerprint density at radius 3 is 1.09 bits per heavy atom. The van der Waals surface area contributed by atoms with Crippen molar-refractivity contribution in [1.29, 1.82) is 10.5 Å². The van der Waals surface area contributed by atoms with E-state index in [1.54, 1.807) is 0 Å². The second kappa shape index (κ2) is 35.1. The van der Waals surface area contributed by atoms with Crippen molar-refractivity contribution in [3.05, 3.63) is 212 Å². The zero-order valence-corrected chi connectivity index (χ0v) is 46.0. The van der Waals surface area contributed by atoms with Crippen LogP contribution >= 0.6 is 63.7 Å². The van der Waals surface area contributed by atoms with Crippen molar-refractivity contribution in [3.63, 3.8) is 0 Å². The van der Waals surface area contributed by atoms with Gasteiger partial charge in [0.05, 0.1) is 12.1 Å². The largest absolute Gasteiger partial charge is 0.371 e. The highest BCUT2D eigenvalue weighted by molar-refractivity contribution is 9.11. The van der Waals surface area contributed by atoms with Crippen LogP contribution in [0.2, 0.25) is 0 Å². The van der Waals surface area contributed by atoms with Crippen LogP contribution in [0.1, 0.15) is 63.5 Å². The first-order valence-electron chi connectivity index (χ1n) is 23.2. The fraction of sp³-hybridized carbons (Fsp3) is 0.276. The lowest BCUT2D eigenvalue weighted by molar-refractivity contribution is 0.708. The summed E-state index contributed by atoms with van der Waals surface area (Å²) in [6.45, 7) is 19.4. The molecular weight excluding hydrogens is 1100 g/mol. The van der Waals surface area contributed by atoms with E-state index in [1.807, 2.05) is 36.4 Å². The van der Waals surface area contributed by atoms with Crippen molar-refractivity contribution in [1.82, 2.24) is 0 Å². The van der Waals surface area contributed by atoms with Gasteiger partial charge in [-0.2, -0.15) is 10.5 Å². The smallest absolute Gasteiger partial charge is 0.0622 e. The van der Waals surface area contributed by atoms with Crippen molar-refractivity contribution in [2.45, 2.75) is 65.5 Å². The van der Waals surface area contributed by atoms with Crippen LogP contribution < -0.4 is 19.6 Å². The van der Waals surface area contributed by atoms with E-state index in [0.29, 0.717) is 12.8 Å². The standard InChI is InChI=1S/C17H20BrN.C15H16BrN.C14H16BrN3.C12H14BrN/c1-2-3-13-19(14-15-7-5-4-6-8-15)17-11-9-16(18)10-12-17;1-2-17(12-13-6-4-3-5-7-13)15-10-8-14(16)9-11-15;15-13-5-7-14(8-6-13)18(11-3-1-9-16)12-4-2-10-17;1-3-9-14(10-4-2)12-7-5-11(13)6-8-12/h4-12H,2-3,13-14H2,1H3;3-11H,2,12H2,1H3;5-8H,1-4,11-12H2;3-8H,1-2,9-10H2. The number of halogens is 4. The van der Waals surface area contributed by atoms with Crippen molar-refractivity contribution in [3.8, 4) is 12.1 Å². The SMILES string of the molecule is C=CCN(CC=C)c1ccc(Br)cc1.CCCCN(Cc1ccccc1)c1ccc(Br)cc1.CCN(Cc1ccccc1)c1ccc(Br)cc1.N#CCCCN(CCCC#N)c1ccc(Br)cc1. The summed E-state index contributed by atoms with van der Waals surface area (Å²) in [5.41, 5.74) is 7.60. The Bertz CT molecular complexity index is 2300. The van der Waals surface area contributed by atoms with Crippen LogP contribution in [0.15, 0.2) is 201 Å². The Morgan fingerprint density at radius 1 is 0.426 bits per heavy atom. The number of hydrogen-bond acceptors (Lipinski definition) is 6. The second-order valence-electron chi connectivity index (χ2n) is 15.7. The summed E-state index contributed by atoms with van der Waals surface area (Å²) < 4.78 is 4.40. The Morgan fingerprint density at radius 2 is 0.750 bits per heavy atom. The molecule has 356 valence electrons. The molecule has 0 aliphatic heterocycles. The minimum atomic E-state index is 0.575. The monoisotopic (exact) mass is 1160 g/mol. The van der Waals surface area contributed by atoms with E-state index in [4.69, 9.17) is 10.5 Å². The van der Waals surface area contributed by atoms with E-state index in [-0.39, 0.29) is 0 Å². The number of rotatable bonds is 22. The molecule has 68 heavy (non-hydrogen) atoms. The minimum absolute atomic E-state index is 0.575. The van der Waals surface area contributed by atoms with Crippen LogP contribution in [-0.2, 0) is 13.1 Å². The highest BCUT2D eigenvalue weighted by Crippen LogP contribution is 2.23. The molecule has 0 heterocycles. The third kappa shape index (κ3) is 23.3. The van der Waals surface area contributed by atoms with Crippen molar-refractivity contribution in [2.24, 2.45) is 0 Å². The molecule has 0 N–H and O–H groups in total. The molecule has 0 bridgehead atoms. The summed E-state index contributed by atoms with van der Waals surface area (Å²) in [6.07, 6.45) is 9.11. The summed E-state index contributed by atoms with van der Waals surface area (Å²) in [6, 6.07) is 59.0. The van der Waals surface area contributed by atoms with E-state index in [2.05, 4.69) is 256 Å². The lowest BCUT2D eigenvalue weighted by Crippen LogP contribution is -2.25. The molecule has 0 aliphatic carbocycles. The van der Waals surface area contributed by atoms with E-state index >= 15 is 0 Å². The lowest BCUT2D eigenvalue weighted by atomic mass is 10.2. The first-order chi connectivity index (χ1) is 33.1. The molecule has 0 unspecified atom stereocenters. The number of nitriles is 2. The van der Waals surface area contributed by atoms with Gasteiger partial charge in [-0.05, 0) is 134 Å². The molecule has 6 aromatic rings. The van der Waals surface area contributed by atoms with E-state index in [1.165, 1.54) is 41.0 Å². The maximum absolute atomic E-state index is 8.58. The topological polar surface area (TPSA) is 60.5 Å². The van der Waals surface area contributed by atoms with Crippen LogP contribution in [0, 0.1) is 22.7 Å². The summed E-state index contributed by atoms with van der Waals surface area (Å²) in [7, 11) is 0. The molecule has 0 saturated carbocycles. The number of unbranched alkanes of at least 4 members (excludes halogenated alkanes) is 3. The van der Waals surface area contributed by atoms with E-state index in [9.17, 15) is 0 Å². The van der Waals surface area contributed by atoms with Crippen LogP contribution in [0.3, 0.4) is 0 Å². The molecule has 0 saturated heterocycles. The number of benzene rings is 6. The minimum Gasteiger partial charge on any atom is -0.371 e. The van der Waals surface area contributed by atoms with Gasteiger partial charge in [-0.15, -0.1) is 13.2 Å². The molecule has 0 radical (unpaired) electrons. The van der Waals surface area contributed by atoms with Crippen LogP contribution in [-0.4, -0.2) is 39.3 Å². The zero-order chi connectivity index (χ0) is 49.2. The highest BCUT2D eigenvalue weighted by Gasteiger charge is 2.09. The fourth-order valence-corrected chi connectivity index (χ4v) is 7.97. The molecule has 6 aromatic carbocycles. The predicted octanol–water partition coefficient (Wildman–Crippen LogP) is 17.2. The van der Waals surface area contributed by atoms with Crippen LogP contribution in [0.25, 0.3) is 0 Å². The molecule has 6 rings (SSSR count). The number of anilines is 4. The number of nitrogens with zero attached hydrogens (tertiary/aromatic N) is 6. The Balaban J connectivity index is 0.000000242. The molecule has 0 atom stereocenters. The van der Waals surface area contributed by atoms with Gasteiger partial charge in [0, 0.05) is 106 Å². The number of hydrogen-bond donors (Lipinski definition) is 0. The first kappa shape index (κ1) is 57.2. The molecule has 0 spiro atoms. The molecule has 6 nitrogen and oxygen atoms in total. The van der Waals surface area contributed by atoms with Gasteiger partial charge in [0.15, 0.2) is 0 Å². The third-order valence-electron chi connectivity index (χ3n) is 10.5. The fourth-order valence-electron chi connectivity index (χ4n) is 6.91. The van der Waals surface area contributed by atoms with Gasteiger partial charge in [-0.25, -0.2) is 0 Å². The average Bonchev–Trinajstić information content (AvgIpc) is 3.36. The van der Waals surface area contributed by atoms with Crippen LogP contribution in [0.4, 0.5) is 22.7 Å². The van der Waals surface area contributed by atoms with Crippen LogP contribution in [0.5, 0.6) is 0 Å². The second-order valence-corrected chi connectivity index (χ2v) is 19.3. The molecular formula is C58H66Br4N6. The maximum Gasteiger partial charge on any atom is 0.0622 e. The van der Waals surface area contributed by atoms with Gasteiger partial charge < -0.3 is 19.6 Å². The van der Waals surface area contributed by atoms with Gasteiger partial charge in [0.2, 0.25) is 0 Å². The van der Waals surface area contributed by atoms with Gasteiger partial charge in [0.1, 0.15) is 0 Å². The average molecular weight is 1170 g/mol. The Kier molecular flexibility index (Phi) is 29.5. The molecule has 0 aliphatic rings. The summed E-state index contributed by atoms with van der Waals surface area (Å²) in [5, 5.41) is 17.2. The van der Waals surface area contributed by atoms with E-state index in [0.717, 1.165) is 88.8 Å². The van der Waals surface area contributed by atoms with Gasteiger partial charge >= 0.3 is 0 Å². The van der Waals surface area contributed by atoms with E-state index < -0.39 is 0 Å². The Labute approximate surface area is 442 Å². The predicted molar refractivity (Wildman–Crippen MR) is 307 cm³/mol. The quantitative estimate of drug-likeness (QED) is 0.0499. The molecule has 0 fully saturated rings. The molecule has 0 amide bonds. The summed E-state index contributed by atoms with van der Waals surface area (Å²) >= 11 is 13.8. The van der Waals surface area contributed by atoms with Gasteiger partial charge in [-0.1, -0.05) is 150 Å².